The molecule has 7 nitrogen and oxygen atoms in total. The van der Waals surface area contributed by atoms with Crippen LogP contribution in [-0.4, -0.2) is 31.4 Å². The van der Waals surface area contributed by atoms with E-state index >= 15 is 0 Å². The van der Waals surface area contributed by atoms with E-state index in [2.05, 4.69) is 0 Å². The van der Waals surface area contributed by atoms with Crippen LogP contribution in [0.15, 0.2) is 33.5 Å². The van der Waals surface area contributed by atoms with Crippen LogP contribution >= 0.6 is 0 Å². The van der Waals surface area contributed by atoms with Crippen LogP contribution in [0, 0.1) is 6.92 Å². The average molecular weight is 346 g/mol. The molecule has 1 N–H and O–H groups in total. The highest BCUT2D eigenvalue weighted by molar-refractivity contribution is 5.71. The molecule has 2 heterocycles. The topological polar surface area (TPSA) is 95.2 Å². The smallest absolute Gasteiger partial charge is 0.306 e. The fourth-order valence-electron chi connectivity index (χ4n) is 2.75. The predicted octanol–water partition coefficient (Wildman–Crippen LogP) is 2.12. The lowest BCUT2D eigenvalue weighted by atomic mass is 9.91. The molecule has 0 saturated heterocycles. The molecule has 0 spiro atoms. The first-order valence-electron chi connectivity index (χ1n) is 7.79. The van der Waals surface area contributed by atoms with Gasteiger partial charge in [-0.25, -0.2) is 0 Å². The summed E-state index contributed by atoms with van der Waals surface area (Å²) in [6.07, 6.45) is -0.101. The molecule has 0 bridgehead atoms. The Bertz CT molecular complexity index is 853. The molecule has 1 aliphatic heterocycles. The molecule has 0 amide bonds. The molecular formula is C18H18O7. The second-order valence-corrected chi connectivity index (χ2v) is 5.67. The number of methoxy groups -OCH3 is 1. The van der Waals surface area contributed by atoms with Crippen LogP contribution in [-0.2, 0) is 9.53 Å². The molecule has 0 fully saturated rings. The van der Waals surface area contributed by atoms with Gasteiger partial charge in [0.1, 0.15) is 19.0 Å². The van der Waals surface area contributed by atoms with Gasteiger partial charge in [-0.3, -0.25) is 9.59 Å². The minimum Gasteiger partial charge on any atom is -0.502 e. The van der Waals surface area contributed by atoms with Gasteiger partial charge in [-0.05, 0) is 24.6 Å². The number of aryl methyl sites for hydroxylation is 1. The molecule has 0 aliphatic carbocycles. The van der Waals surface area contributed by atoms with E-state index in [1.165, 1.54) is 13.2 Å². The summed E-state index contributed by atoms with van der Waals surface area (Å²) in [4.78, 5) is 23.8. The number of esters is 1. The number of carbonyl (C=O) groups is 1. The first-order valence-corrected chi connectivity index (χ1v) is 7.79. The van der Waals surface area contributed by atoms with E-state index in [0.29, 0.717) is 36.0 Å². The summed E-state index contributed by atoms with van der Waals surface area (Å²) in [5, 5.41) is 10.2. The number of aromatic hydroxyl groups is 1. The van der Waals surface area contributed by atoms with E-state index in [4.69, 9.17) is 18.6 Å². The van der Waals surface area contributed by atoms with E-state index in [0.717, 1.165) is 0 Å². The SMILES string of the molecule is COC(=O)C[C@H](c1ccc2c(c1)OCCO2)c1oc(C)cc(=O)c1O. The second kappa shape index (κ2) is 6.88. The molecule has 1 aliphatic rings. The molecule has 0 unspecified atom stereocenters. The van der Waals surface area contributed by atoms with Crippen molar-refractivity contribution in [1.82, 2.24) is 0 Å². The lowest BCUT2D eigenvalue weighted by Crippen LogP contribution is -2.17. The fourth-order valence-corrected chi connectivity index (χ4v) is 2.75. The number of hydrogen-bond donors (Lipinski definition) is 1. The molecule has 1 atom stereocenters. The molecule has 2 aromatic rings. The Kier molecular flexibility index (Phi) is 4.65. The van der Waals surface area contributed by atoms with Gasteiger partial charge in [-0.2, -0.15) is 0 Å². The van der Waals surface area contributed by atoms with Crippen molar-refractivity contribution in [2.24, 2.45) is 0 Å². The molecular weight excluding hydrogens is 328 g/mol. The third-order valence-corrected chi connectivity index (χ3v) is 3.96. The third-order valence-electron chi connectivity index (χ3n) is 3.96. The predicted molar refractivity (Wildman–Crippen MR) is 87.3 cm³/mol. The third kappa shape index (κ3) is 3.45. The summed E-state index contributed by atoms with van der Waals surface area (Å²) in [6.45, 7) is 2.48. The Morgan fingerprint density at radius 3 is 2.68 bits per heavy atom. The Morgan fingerprint density at radius 1 is 1.24 bits per heavy atom. The molecule has 1 aromatic heterocycles. The summed E-state index contributed by atoms with van der Waals surface area (Å²) in [5.41, 5.74) is 0.0739. The van der Waals surface area contributed by atoms with Crippen LogP contribution < -0.4 is 14.9 Å². The molecule has 1 aromatic carbocycles. The van der Waals surface area contributed by atoms with E-state index in [9.17, 15) is 14.7 Å². The van der Waals surface area contributed by atoms with Crippen LogP contribution in [0.2, 0.25) is 0 Å². The first-order chi connectivity index (χ1) is 12.0. The summed E-state index contributed by atoms with van der Waals surface area (Å²) >= 11 is 0. The van der Waals surface area contributed by atoms with Gasteiger partial charge >= 0.3 is 5.97 Å². The van der Waals surface area contributed by atoms with Crippen molar-refractivity contribution in [3.63, 3.8) is 0 Å². The van der Waals surface area contributed by atoms with Crippen molar-refractivity contribution in [2.45, 2.75) is 19.3 Å². The quantitative estimate of drug-likeness (QED) is 0.847. The van der Waals surface area contributed by atoms with Gasteiger partial charge in [0, 0.05) is 6.07 Å². The number of carbonyl (C=O) groups excluding carboxylic acids is 1. The van der Waals surface area contributed by atoms with Crippen LogP contribution in [0.3, 0.4) is 0 Å². The van der Waals surface area contributed by atoms with Crippen molar-refractivity contribution in [1.29, 1.82) is 0 Å². The normalized spacial score (nSPS) is 14.0. The monoisotopic (exact) mass is 346 g/mol. The van der Waals surface area contributed by atoms with Gasteiger partial charge in [0.05, 0.1) is 19.4 Å². The summed E-state index contributed by atoms with van der Waals surface area (Å²) in [6, 6.07) is 6.36. The maximum absolute atomic E-state index is 11.9. The second-order valence-electron chi connectivity index (χ2n) is 5.67. The van der Waals surface area contributed by atoms with Crippen molar-refractivity contribution in [2.75, 3.05) is 20.3 Å². The zero-order valence-electron chi connectivity index (χ0n) is 13.9. The van der Waals surface area contributed by atoms with Crippen LogP contribution in [0.1, 0.15) is 29.4 Å². The minimum absolute atomic E-state index is 0.0204. The number of benzene rings is 1. The summed E-state index contributed by atoms with van der Waals surface area (Å²) in [7, 11) is 1.27. The van der Waals surface area contributed by atoms with Crippen molar-refractivity contribution >= 4 is 5.97 Å². The Balaban J connectivity index is 2.10. The Labute approximate surface area is 143 Å². The highest BCUT2D eigenvalue weighted by Crippen LogP contribution is 2.38. The van der Waals surface area contributed by atoms with E-state index < -0.39 is 23.1 Å². The van der Waals surface area contributed by atoms with Gasteiger partial charge in [0.25, 0.3) is 0 Å². The Hall–Kier alpha value is -2.96. The largest absolute Gasteiger partial charge is 0.502 e. The van der Waals surface area contributed by atoms with Crippen molar-refractivity contribution < 1.29 is 28.5 Å². The fraction of sp³-hybridized carbons (Fsp3) is 0.333. The zero-order valence-corrected chi connectivity index (χ0v) is 13.9. The molecule has 25 heavy (non-hydrogen) atoms. The van der Waals surface area contributed by atoms with Crippen LogP contribution in [0.5, 0.6) is 17.2 Å². The summed E-state index contributed by atoms with van der Waals surface area (Å²) < 4.78 is 21.4. The lowest BCUT2D eigenvalue weighted by molar-refractivity contribution is -0.140. The molecule has 132 valence electrons. The first kappa shape index (κ1) is 16.9. The van der Waals surface area contributed by atoms with Gasteiger partial charge in [-0.1, -0.05) is 6.07 Å². The van der Waals surface area contributed by atoms with Gasteiger partial charge in [0.15, 0.2) is 17.3 Å². The minimum atomic E-state index is -0.698. The van der Waals surface area contributed by atoms with Gasteiger partial charge < -0.3 is 23.7 Å². The van der Waals surface area contributed by atoms with Crippen LogP contribution in [0.25, 0.3) is 0 Å². The Morgan fingerprint density at radius 2 is 1.96 bits per heavy atom. The average Bonchev–Trinajstić information content (AvgIpc) is 2.62. The molecule has 3 rings (SSSR count). The van der Waals surface area contributed by atoms with E-state index in [-0.39, 0.29) is 12.2 Å². The summed E-state index contributed by atoms with van der Waals surface area (Å²) in [5.74, 6) is -0.221. The number of hydrogen-bond acceptors (Lipinski definition) is 7. The highest BCUT2D eigenvalue weighted by Gasteiger charge is 2.27. The lowest BCUT2D eigenvalue weighted by Gasteiger charge is -2.22. The maximum atomic E-state index is 11.9. The van der Waals surface area contributed by atoms with Crippen molar-refractivity contribution in [3.8, 4) is 17.2 Å². The molecule has 0 saturated carbocycles. The van der Waals surface area contributed by atoms with Crippen LogP contribution in [0.4, 0.5) is 0 Å². The number of rotatable bonds is 4. The van der Waals surface area contributed by atoms with E-state index in [1.807, 2.05) is 0 Å². The van der Waals surface area contributed by atoms with Gasteiger partial charge in [0.2, 0.25) is 11.2 Å². The highest BCUT2D eigenvalue weighted by atomic mass is 16.6. The zero-order chi connectivity index (χ0) is 18.0. The molecule has 0 radical (unpaired) electrons. The molecule has 7 heteroatoms. The van der Waals surface area contributed by atoms with E-state index in [1.54, 1.807) is 25.1 Å². The van der Waals surface area contributed by atoms with Crippen molar-refractivity contribution in [3.05, 3.63) is 51.6 Å². The standard InChI is InChI=1S/C18H18O7/c1-10-7-13(19)17(21)18(25-10)12(9-16(20)22-2)11-3-4-14-15(8-11)24-6-5-23-14/h3-4,7-8,12,21H,5-6,9H2,1-2H3/t12-/m1/s1. The maximum Gasteiger partial charge on any atom is 0.306 e. The van der Waals surface area contributed by atoms with Gasteiger partial charge in [-0.15, -0.1) is 0 Å². The number of ether oxygens (including phenoxy) is 3. The number of fused-ring (bicyclic) bond motifs is 1.